The molecule has 0 saturated heterocycles. The van der Waals surface area contributed by atoms with Gasteiger partial charge in [-0.05, 0) is 34.5 Å². The number of hydrogen-bond acceptors (Lipinski definition) is 2. The molecule has 1 aromatic heterocycles. The minimum atomic E-state index is -4.40. The van der Waals surface area contributed by atoms with Gasteiger partial charge in [-0.15, -0.1) is 0 Å². The Morgan fingerprint density at radius 3 is 2.50 bits per heavy atom. The van der Waals surface area contributed by atoms with Crippen molar-refractivity contribution in [3.05, 3.63) is 46.3 Å². The van der Waals surface area contributed by atoms with Crippen LogP contribution in [0.5, 0.6) is 0 Å². The van der Waals surface area contributed by atoms with Crippen LogP contribution in [0.4, 0.5) is 13.2 Å². The lowest BCUT2D eigenvalue weighted by Gasteiger charge is -2.13. The highest BCUT2D eigenvalue weighted by molar-refractivity contribution is 9.10. The zero-order chi connectivity index (χ0) is 14.8. The van der Waals surface area contributed by atoms with Gasteiger partial charge in [0.25, 0.3) is 0 Å². The van der Waals surface area contributed by atoms with E-state index in [0.717, 1.165) is 12.5 Å². The van der Waals surface area contributed by atoms with Crippen molar-refractivity contribution >= 4 is 15.9 Å². The van der Waals surface area contributed by atoms with Crippen LogP contribution < -0.4 is 0 Å². The van der Waals surface area contributed by atoms with E-state index in [1.165, 1.54) is 18.2 Å². The van der Waals surface area contributed by atoms with Gasteiger partial charge in [0, 0.05) is 12.0 Å². The Balaban J connectivity index is 2.57. The molecule has 0 bridgehead atoms. The zero-order valence-electron chi connectivity index (χ0n) is 10.7. The van der Waals surface area contributed by atoms with Gasteiger partial charge in [-0.3, -0.25) is 0 Å². The third-order valence-electron chi connectivity index (χ3n) is 2.72. The second-order valence-corrected chi connectivity index (χ2v) is 5.10. The van der Waals surface area contributed by atoms with Gasteiger partial charge >= 0.3 is 6.18 Å². The molecule has 0 fully saturated rings. The summed E-state index contributed by atoms with van der Waals surface area (Å²) in [6, 6.07) is 6.93. The summed E-state index contributed by atoms with van der Waals surface area (Å²) in [5.74, 6) is 0.536. The quantitative estimate of drug-likeness (QED) is 0.741. The van der Waals surface area contributed by atoms with Crippen molar-refractivity contribution in [3.63, 3.8) is 0 Å². The average Bonchev–Trinajstić information content (AvgIpc) is 2.37. The van der Waals surface area contributed by atoms with Crippen LogP contribution in [0.2, 0.25) is 0 Å². The number of alkyl halides is 3. The molecule has 0 spiro atoms. The third-order valence-corrected chi connectivity index (χ3v) is 3.13. The summed E-state index contributed by atoms with van der Waals surface area (Å²) in [5.41, 5.74) is -0.336. The van der Waals surface area contributed by atoms with E-state index in [9.17, 15) is 13.2 Å². The first-order valence-electron chi connectivity index (χ1n) is 6.12. The van der Waals surface area contributed by atoms with E-state index < -0.39 is 11.7 Å². The van der Waals surface area contributed by atoms with Crippen molar-refractivity contribution in [3.8, 4) is 11.3 Å². The fourth-order valence-electron chi connectivity index (χ4n) is 1.89. The Morgan fingerprint density at radius 1 is 1.15 bits per heavy atom. The molecule has 0 radical (unpaired) electrons. The first-order chi connectivity index (χ1) is 9.41. The fraction of sp³-hybridized carbons (Fsp3) is 0.286. The van der Waals surface area contributed by atoms with E-state index in [2.05, 4.69) is 25.9 Å². The summed E-state index contributed by atoms with van der Waals surface area (Å²) in [6.07, 6.45) is -2.95. The largest absolute Gasteiger partial charge is 0.417 e. The maximum atomic E-state index is 13.0. The third kappa shape index (κ3) is 3.36. The molecular formula is C14H12BrF3N2. The minimum Gasteiger partial charge on any atom is -0.233 e. The van der Waals surface area contributed by atoms with Gasteiger partial charge in [-0.1, -0.05) is 25.1 Å². The lowest BCUT2D eigenvalue weighted by atomic mass is 10.0. The minimum absolute atomic E-state index is 0.0699. The van der Waals surface area contributed by atoms with Crippen molar-refractivity contribution < 1.29 is 13.2 Å². The van der Waals surface area contributed by atoms with Crippen molar-refractivity contribution in [2.45, 2.75) is 25.9 Å². The number of rotatable bonds is 3. The van der Waals surface area contributed by atoms with Crippen LogP contribution in [0.15, 0.2) is 34.9 Å². The van der Waals surface area contributed by atoms with Gasteiger partial charge in [0.2, 0.25) is 0 Å². The zero-order valence-corrected chi connectivity index (χ0v) is 12.3. The molecule has 0 unspecified atom stereocenters. The van der Waals surface area contributed by atoms with Crippen LogP contribution in [0.1, 0.15) is 24.7 Å². The predicted molar refractivity (Wildman–Crippen MR) is 74.2 cm³/mol. The van der Waals surface area contributed by atoms with Crippen LogP contribution in [-0.4, -0.2) is 9.97 Å². The van der Waals surface area contributed by atoms with Crippen LogP contribution in [0.3, 0.4) is 0 Å². The average molecular weight is 345 g/mol. The molecule has 20 heavy (non-hydrogen) atoms. The number of nitrogens with zero attached hydrogens (tertiary/aromatic N) is 2. The number of benzene rings is 1. The first-order valence-corrected chi connectivity index (χ1v) is 6.91. The molecule has 2 nitrogen and oxygen atoms in total. The Hall–Kier alpha value is -1.43. The molecule has 0 N–H and O–H groups in total. The van der Waals surface area contributed by atoms with Gasteiger partial charge in [0.1, 0.15) is 10.4 Å². The molecule has 1 heterocycles. The molecule has 0 atom stereocenters. The van der Waals surface area contributed by atoms with Crippen molar-refractivity contribution in [1.82, 2.24) is 9.97 Å². The molecule has 0 aliphatic heterocycles. The molecular weight excluding hydrogens is 333 g/mol. The number of halogens is 4. The molecule has 6 heteroatoms. The summed E-state index contributed by atoms with van der Waals surface area (Å²) in [7, 11) is 0. The van der Waals surface area contributed by atoms with Crippen LogP contribution >= 0.6 is 15.9 Å². The molecule has 2 aromatic rings. The van der Waals surface area contributed by atoms with E-state index in [4.69, 9.17) is 0 Å². The van der Waals surface area contributed by atoms with Crippen molar-refractivity contribution in [1.29, 1.82) is 0 Å². The summed E-state index contributed by atoms with van der Waals surface area (Å²) < 4.78 is 39.6. The summed E-state index contributed by atoms with van der Waals surface area (Å²) in [4.78, 5) is 8.39. The van der Waals surface area contributed by atoms with Crippen molar-refractivity contribution in [2.24, 2.45) is 0 Å². The maximum Gasteiger partial charge on any atom is 0.417 e. The Morgan fingerprint density at radius 2 is 1.85 bits per heavy atom. The molecule has 0 amide bonds. The van der Waals surface area contributed by atoms with Gasteiger partial charge in [-0.2, -0.15) is 13.2 Å². The fourth-order valence-corrected chi connectivity index (χ4v) is 2.31. The van der Waals surface area contributed by atoms with Crippen LogP contribution in [0.25, 0.3) is 11.3 Å². The lowest BCUT2D eigenvalue weighted by Crippen LogP contribution is -2.08. The van der Waals surface area contributed by atoms with Crippen molar-refractivity contribution in [2.75, 3.05) is 0 Å². The summed E-state index contributed by atoms with van der Waals surface area (Å²) >= 11 is 3.22. The summed E-state index contributed by atoms with van der Waals surface area (Å²) in [5, 5.41) is 0. The Bertz CT molecular complexity index is 612. The Kier molecular flexibility index (Phi) is 4.42. The van der Waals surface area contributed by atoms with E-state index >= 15 is 0 Å². The van der Waals surface area contributed by atoms with E-state index in [-0.39, 0.29) is 11.3 Å². The standard InChI is InChI=1S/C14H12BrF3N2/c1-2-5-13-19-11(8-12(15)20-13)9-6-3-4-7-10(9)14(16,17)18/h3-4,6-8H,2,5H2,1H3. The maximum absolute atomic E-state index is 13.0. The van der Waals surface area contributed by atoms with Crippen LogP contribution in [-0.2, 0) is 12.6 Å². The predicted octanol–water partition coefficient (Wildman–Crippen LogP) is 4.88. The molecule has 0 saturated carbocycles. The van der Waals surface area contributed by atoms with Gasteiger partial charge in [0.05, 0.1) is 11.3 Å². The molecule has 2 rings (SSSR count). The second kappa shape index (κ2) is 5.91. The van der Waals surface area contributed by atoms with Crippen LogP contribution in [0, 0.1) is 0 Å². The van der Waals surface area contributed by atoms with Gasteiger partial charge in [0.15, 0.2) is 0 Å². The molecule has 1 aromatic carbocycles. The van der Waals surface area contributed by atoms with E-state index in [0.29, 0.717) is 16.8 Å². The Labute approximate surface area is 123 Å². The summed E-state index contributed by atoms with van der Waals surface area (Å²) in [6.45, 7) is 1.97. The molecule has 0 aliphatic rings. The molecule has 106 valence electrons. The SMILES string of the molecule is CCCc1nc(Br)cc(-c2ccccc2C(F)(F)F)n1. The highest BCUT2D eigenvalue weighted by Gasteiger charge is 2.33. The van der Waals surface area contributed by atoms with Gasteiger partial charge in [-0.25, -0.2) is 9.97 Å². The lowest BCUT2D eigenvalue weighted by molar-refractivity contribution is -0.137. The number of aryl methyl sites for hydroxylation is 1. The van der Waals surface area contributed by atoms with Gasteiger partial charge < -0.3 is 0 Å². The van der Waals surface area contributed by atoms with E-state index in [1.54, 1.807) is 6.07 Å². The number of hydrogen-bond donors (Lipinski definition) is 0. The first kappa shape index (κ1) is 15.0. The molecule has 0 aliphatic carbocycles. The topological polar surface area (TPSA) is 25.8 Å². The highest BCUT2D eigenvalue weighted by atomic mass is 79.9. The number of aromatic nitrogens is 2. The van der Waals surface area contributed by atoms with E-state index in [1.807, 2.05) is 6.92 Å². The normalized spacial score (nSPS) is 11.7. The highest BCUT2D eigenvalue weighted by Crippen LogP contribution is 2.36. The second-order valence-electron chi connectivity index (χ2n) is 4.29. The smallest absolute Gasteiger partial charge is 0.233 e. The monoisotopic (exact) mass is 344 g/mol.